The number of carbonyl (C=O) groups excluding carboxylic acids is 2. The highest BCUT2D eigenvalue weighted by molar-refractivity contribution is 6.46. The third kappa shape index (κ3) is 5.12. The van der Waals surface area contributed by atoms with Crippen LogP contribution in [-0.2, 0) is 16.1 Å². The van der Waals surface area contributed by atoms with Crippen LogP contribution in [0.4, 0.5) is 5.69 Å². The molecule has 4 rings (SSSR count). The molecule has 0 bridgehead atoms. The van der Waals surface area contributed by atoms with Gasteiger partial charge in [0.25, 0.3) is 17.4 Å². The van der Waals surface area contributed by atoms with E-state index in [0.717, 1.165) is 0 Å². The van der Waals surface area contributed by atoms with E-state index in [0.29, 0.717) is 29.8 Å². The number of ether oxygens (including phenoxy) is 1. The summed E-state index contributed by atoms with van der Waals surface area (Å²) in [5.74, 6) is -1.25. The van der Waals surface area contributed by atoms with Crippen molar-refractivity contribution in [3.05, 3.63) is 94.1 Å². The maximum Gasteiger partial charge on any atom is 0.295 e. The van der Waals surface area contributed by atoms with Crippen molar-refractivity contribution in [3.63, 3.8) is 0 Å². The van der Waals surface area contributed by atoms with E-state index in [1.54, 1.807) is 43.0 Å². The zero-order chi connectivity index (χ0) is 25.8. The summed E-state index contributed by atoms with van der Waals surface area (Å²) in [6.07, 6.45) is 5.62. The average Bonchev–Trinajstić information content (AvgIpc) is 3.46. The van der Waals surface area contributed by atoms with Gasteiger partial charge in [-0.05, 0) is 62.2 Å². The number of Topliss-reactive ketones (excluding diaryl/α,β-unsaturated/α-hetero) is 1. The van der Waals surface area contributed by atoms with Crippen LogP contribution in [0.3, 0.4) is 0 Å². The molecule has 2 aromatic carbocycles. The molecule has 0 spiro atoms. The number of rotatable bonds is 9. The second kappa shape index (κ2) is 10.4. The van der Waals surface area contributed by atoms with Crippen LogP contribution in [-0.4, -0.2) is 48.8 Å². The summed E-state index contributed by atoms with van der Waals surface area (Å²) in [5, 5.41) is 22.3. The Kier molecular flexibility index (Phi) is 7.14. The van der Waals surface area contributed by atoms with Crippen LogP contribution in [0.2, 0.25) is 0 Å². The number of carbonyl (C=O) groups is 2. The molecule has 1 amide bonds. The van der Waals surface area contributed by atoms with Gasteiger partial charge in [0.15, 0.2) is 0 Å². The third-order valence-corrected chi connectivity index (χ3v) is 5.83. The molecule has 1 N–H and O–H groups in total. The Morgan fingerprint density at radius 1 is 1.11 bits per heavy atom. The average molecular weight is 491 g/mol. The molecule has 0 aliphatic carbocycles. The highest BCUT2D eigenvalue weighted by Gasteiger charge is 2.45. The fourth-order valence-electron chi connectivity index (χ4n) is 4.20. The standard InChI is InChI=1S/C26H26N4O6/c1-17(2)36-21-10-6-19(7-11-21)24(31)22-23(18-4-8-20(9-5-18)30(34)35)29(26(33)25(22)32)14-3-13-28-15-12-27-16-28/h4-12,15-17,23,31H,3,13-14H2,1-2H3/t23-/m1/s1. The zero-order valence-corrected chi connectivity index (χ0v) is 19.9. The Hall–Kier alpha value is -4.47. The number of nitro groups is 1. The van der Waals surface area contributed by atoms with Crippen molar-refractivity contribution in [2.75, 3.05) is 6.54 Å². The van der Waals surface area contributed by atoms with Crippen LogP contribution in [0.1, 0.15) is 37.4 Å². The van der Waals surface area contributed by atoms with Gasteiger partial charge in [-0.2, -0.15) is 0 Å². The molecule has 1 fully saturated rings. The van der Waals surface area contributed by atoms with Gasteiger partial charge in [-0.25, -0.2) is 4.98 Å². The third-order valence-electron chi connectivity index (χ3n) is 5.83. The molecule has 1 aliphatic rings. The number of hydrogen-bond acceptors (Lipinski definition) is 7. The molecule has 1 atom stereocenters. The van der Waals surface area contributed by atoms with Crippen molar-refractivity contribution in [3.8, 4) is 5.75 Å². The SMILES string of the molecule is CC(C)Oc1ccc(C(O)=C2C(=O)C(=O)N(CCCn3ccnc3)[C@@H]2c2ccc([N+](=O)[O-])cc2)cc1. The number of non-ortho nitro benzene ring substituents is 1. The Bertz CT molecular complexity index is 1280. The maximum absolute atomic E-state index is 13.1. The van der Waals surface area contributed by atoms with Crippen LogP contribution >= 0.6 is 0 Å². The first-order chi connectivity index (χ1) is 17.3. The predicted molar refractivity (Wildman–Crippen MR) is 131 cm³/mol. The molecular weight excluding hydrogens is 464 g/mol. The molecule has 0 unspecified atom stereocenters. The lowest BCUT2D eigenvalue weighted by molar-refractivity contribution is -0.384. The van der Waals surface area contributed by atoms with Crippen LogP contribution in [0.5, 0.6) is 5.75 Å². The van der Waals surface area contributed by atoms with Gasteiger partial charge >= 0.3 is 0 Å². The maximum atomic E-state index is 13.1. The molecule has 1 saturated heterocycles. The minimum Gasteiger partial charge on any atom is -0.507 e. The molecule has 0 saturated carbocycles. The summed E-state index contributed by atoms with van der Waals surface area (Å²) in [7, 11) is 0. The lowest BCUT2D eigenvalue weighted by Crippen LogP contribution is -2.31. The second-order valence-electron chi connectivity index (χ2n) is 8.69. The van der Waals surface area contributed by atoms with Crippen molar-refractivity contribution in [2.24, 2.45) is 0 Å². The minimum atomic E-state index is -0.889. The fourth-order valence-corrected chi connectivity index (χ4v) is 4.20. The number of aliphatic hydroxyl groups excluding tert-OH is 1. The van der Waals surface area contributed by atoms with E-state index < -0.39 is 22.7 Å². The summed E-state index contributed by atoms with van der Waals surface area (Å²) in [4.78, 5) is 42.2. The number of ketones is 1. The molecule has 3 aromatic rings. The number of aromatic nitrogens is 2. The first-order valence-corrected chi connectivity index (χ1v) is 11.5. The molecular formula is C26H26N4O6. The number of nitro benzene ring substituents is 1. The van der Waals surface area contributed by atoms with E-state index in [2.05, 4.69) is 4.98 Å². The molecule has 186 valence electrons. The lowest BCUT2D eigenvalue weighted by atomic mass is 9.95. The molecule has 36 heavy (non-hydrogen) atoms. The number of likely N-dealkylation sites (tertiary alicyclic amines) is 1. The summed E-state index contributed by atoms with van der Waals surface area (Å²) < 4.78 is 7.50. The monoisotopic (exact) mass is 490 g/mol. The van der Waals surface area contributed by atoms with Gasteiger partial charge in [-0.15, -0.1) is 0 Å². The van der Waals surface area contributed by atoms with Crippen LogP contribution in [0, 0.1) is 10.1 Å². The highest BCUT2D eigenvalue weighted by Crippen LogP contribution is 2.40. The number of aliphatic hydroxyl groups is 1. The Labute approximate surface area is 207 Å². The number of amides is 1. The van der Waals surface area contributed by atoms with Gasteiger partial charge in [0.2, 0.25) is 0 Å². The van der Waals surface area contributed by atoms with Crippen LogP contribution in [0.25, 0.3) is 5.76 Å². The summed E-state index contributed by atoms with van der Waals surface area (Å²) >= 11 is 0. The van der Waals surface area contributed by atoms with E-state index in [9.17, 15) is 24.8 Å². The Morgan fingerprint density at radius 3 is 2.39 bits per heavy atom. The Morgan fingerprint density at radius 2 is 1.81 bits per heavy atom. The first kappa shape index (κ1) is 24.6. The number of nitrogens with zero attached hydrogens (tertiary/aromatic N) is 4. The van der Waals surface area contributed by atoms with Crippen LogP contribution < -0.4 is 4.74 Å². The van der Waals surface area contributed by atoms with E-state index >= 15 is 0 Å². The summed E-state index contributed by atoms with van der Waals surface area (Å²) in [5.41, 5.74) is 0.670. The van der Waals surface area contributed by atoms with Gasteiger partial charge in [-0.3, -0.25) is 19.7 Å². The van der Waals surface area contributed by atoms with Gasteiger partial charge in [0.1, 0.15) is 11.5 Å². The van der Waals surface area contributed by atoms with Gasteiger partial charge in [-0.1, -0.05) is 0 Å². The zero-order valence-electron chi connectivity index (χ0n) is 19.9. The molecule has 1 aromatic heterocycles. The van der Waals surface area contributed by atoms with Gasteiger partial charge in [0.05, 0.1) is 29.0 Å². The number of imidazole rings is 1. The lowest BCUT2D eigenvalue weighted by Gasteiger charge is -2.25. The fraction of sp³-hybridized carbons (Fsp3) is 0.269. The van der Waals surface area contributed by atoms with E-state index in [1.807, 2.05) is 18.4 Å². The van der Waals surface area contributed by atoms with E-state index in [1.165, 1.54) is 29.2 Å². The predicted octanol–water partition coefficient (Wildman–Crippen LogP) is 4.09. The normalized spacial score (nSPS) is 17.1. The smallest absolute Gasteiger partial charge is 0.295 e. The first-order valence-electron chi connectivity index (χ1n) is 11.5. The molecule has 0 radical (unpaired) electrons. The molecule has 2 heterocycles. The van der Waals surface area contributed by atoms with E-state index in [-0.39, 0.29) is 29.7 Å². The van der Waals surface area contributed by atoms with Crippen molar-refractivity contribution in [1.29, 1.82) is 0 Å². The largest absolute Gasteiger partial charge is 0.507 e. The van der Waals surface area contributed by atoms with Gasteiger partial charge in [0, 0.05) is 43.2 Å². The molecule has 10 heteroatoms. The Balaban J connectivity index is 1.71. The summed E-state index contributed by atoms with van der Waals surface area (Å²) in [6.45, 7) is 4.61. The number of hydrogen-bond donors (Lipinski definition) is 1. The molecule has 10 nitrogen and oxygen atoms in total. The van der Waals surface area contributed by atoms with Crippen LogP contribution in [0.15, 0.2) is 72.8 Å². The molecule has 1 aliphatic heterocycles. The number of benzene rings is 2. The van der Waals surface area contributed by atoms with Gasteiger partial charge < -0.3 is 19.3 Å². The van der Waals surface area contributed by atoms with Crippen molar-refractivity contribution >= 4 is 23.1 Å². The summed E-state index contributed by atoms with van der Waals surface area (Å²) in [6, 6.07) is 11.3. The van der Waals surface area contributed by atoms with Crippen molar-refractivity contribution < 1.29 is 24.4 Å². The van der Waals surface area contributed by atoms with Crippen molar-refractivity contribution in [2.45, 2.75) is 39.0 Å². The highest BCUT2D eigenvalue weighted by atomic mass is 16.6. The minimum absolute atomic E-state index is 0.0285. The van der Waals surface area contributed by atoms with Crippen molar-refractivity contribution in [1.82, 2.24) is 14.5 Å². The quantitative estimate of drug-likeness (QED) is 0.157. The number of aryl methyl sites for hydroxylation is 1. The second-order valence-corrected chi connectivity index (χ2v) is 8.69. The van der Waals surface area contributed by atoms with E-state index in [4.69, 9.17) is 4.74 Å². The topological polar surface area (TPSA) is 128 Å².